The first kappa shape index (κ1) is 15.4. The van der Waals surface area contributed by atoms with Gasteiger partial charge in [0.05, 0.1) is 12.3 Å². The van der Waals surface area contributed by atoms with Gasteiger partial charge in [0.15, 0.2) is 0 Å². The quantitative estimate of drug-likeness (QED) is 0.463. The molecular weight excluding hydrogens is 263 g/mol. The molecule has 0 spiro atoms. The molecule has 90 valence electrons. The molecule has 0 N–H and O–H groups in total. The summed E-state index contributed by atoms with van der Waals surface area (Å²) in [7, 11) is 1.56. The van der Waals surface area contributed by atoms with Crippen molar-refractivity contribution in [3.05, 3.63) is 29.8 Å². The van der Waals surface area contributed by atoms with Gasteiger partial charge < -0.3 is 16.1 Å². The molecule has 0 aliphatic carbocycles. The molecule has 0 fully saturated rings. The number of nitrogens with zero attached hydrogens (tertiary/aromatic N) is 4. The molecule has 0 bridgehead atoms. The molecule has 1 aromatic rings. The summed E-state index contributed by atoms with van der Waals surface area (Å²) in [5.41, 5.74) is 0.766. The summed E-state index contributed by atoms with van der Waals surface area (Å²) in [6.45, 7) is 0.0966. The van der Waals surface area contributed by atoms with E-state index in [1.165, 1.54) is 0 Å². The van der Waals surface area contributed by atoms with Crippen LogP contribution in [0.3, 0.4) is 0 Å². The van der Waals surface area contributed by atoms with Crippen LogP contribution in [0.1, 0.15) is 6.99 Å². The van der Waals surface area contributed by atoms with Gasteiger partial charge in [0.2, 0.25) is 6.34 Å². The van der Waals surface area contributed by atoms with E-state index in [1.807, 2.05) is 0 Å². The van der Waals surface area contributed by atoms with Gasteiger partial charge in [-0.05, 0) is 24.3 Å². The van der Waals surface area contributed by atoms with E-state index in [2.05, 4.69) is 15.5 Å². The zero-order valence-corrected chi connectivity index (χ0v) is 13.2. The van der Waals surface area contributed by atoms with Crippen molar-refractivity contribution in [2.24, 2.45) is 15.5 Å². The first-order valence-electron chi connectivity index (χ1n) is 4.85. The molecule has 0 saturated heterocycles. The van der Waals surface area contributed by atoms with Gasteiger partial charge in [0.1, 0.15) is 12.3 Å². The monoisotopic (exact) mass is 274 g/mol. The second-order valence-electron chi connectivity index (χ2n) is 3.51. The molecule has 0 aromatic heterocycles. The molecule has 0 radical (unpaired) electrons. The van der Waals surface area contributed by atoms with E-state index in [0.29, 0.717) is 5.75 Å². The fourth-order valence-corrected chi connectivity index (χ4v) is 1.46. The van der Waals surface area contributed by atoms with Gasteiger partial charge in [0, 0.05) is 10.8 Å². The molecule has 8 heteroatoms. The summed E-state index contributed by atoms with van der Waals surface area (Å²) < 4.78 is 4.24. The second kappa shape index (κ2) is 6.50. The molecule has 1 aliphatic heterocycles. The van der Waals surface area contributed by atoms with Gasteiger partial charge in [-0.3, -0.25) is 0 Å². The minimum atomic E-state index is -1.37. The van der Waals surface area contributed by atoms with Crippen LogP contribution in [0.25, 0.3) is 0 Å². The van der Waals surface area contributed by atoms with Crippen molar-refractivity contribution in [1.29, 1.82) is 0 Å². The molecule has 1 unspecified atom stereocenters. The van der Waals surface area contributed by atoms with Crippen LogP contribution in [0.2, 0.25) is 0 Å². The molecule has 1 heterocycles. The van der Waals surface area contributed by atoms with Crippen molar-refractivity contribution < 1.29 is 72.0 Å². The Morgan fingerprint density at radius 2 is 2.11 bits per heavy atom. The van der Waals surface area contributed by atoms with E-state index in [0.717, 1.165) is 11.9 Å². The molecule has 0 saturated carbocycles. The van der Waals surface area contributed by atoms with Crippen molar-refractivity contribution in [2.75, 3.05) is 7.11 Å². The van der Waals surface area contributed by atoms with E-state index >= 15 is 0 Å². The van der Waals surface area contributed by atoms with E-state index in [1.54, 1.807) is 31.4 Å². The third kappa shape index (κ3) is 3.22. The topological polar surface area (TPSA) is 86.4 Å². The Morgan fingerprint density at radius 3 is 2.56 bits per heavy atom. The average molecular weight is 274 g/mol. The van der Waals surface area contributed by atoms with E-state index in [9.17, 15) is 9.90 Å². The Kier molecular flexibility index (Phi) is 5.57. The maximum absolute atomic E-state index is 11.0. The number of benzene rings is 1. The number of rotatable bonds is 3. The summed E-state index contributed by atoms with van der Waals surface area (Å²) >= 11 is 0. The number of carbonyl (C=O) groups excluding carboxylic acids is 1. The van der Waals surface area contributed by atoms with Crippen LogP contribution >= 0.6 is 0 Å². The van der Waals surface area contributed by atoms with Crippen LogP contribution in [0.5, 0.6) is 5.75 Å². The minimum Gasteiger partial charge on any atom is -1.00 e. The fourth-order valence-electron chi connectivity index (χ4n) is 1.46. The van der Waals surface area contributed by atoms with Gasteiger partial charge >= 0.3 is 51.4 Å². The van der Waals surface area contributed by atoms with Gasteiger partial charge in [-0.25, -0.2) is 0 Å². The maximum atomic E-state index is 11.0. The van der Waals surface area contributed by atoms with Crippen molar-refractivity contribution >= 4 is 12.4 Å². The Hall–Kier alpha value is -0.644. The second-order valence-corrected chi connectivity index (χ2v) is 3.51. The molecule has 7 nitrogen and oxygen atoms in total. The van der Waals surface area contributed by atoms with Crippen molar-refractivity contribution in [1.82, 2.24) is 0 Å². The number of hydrogen-bond acceptors (Lipinski definition) is 6. The standard InChI is InChI=1S/C10H10N4O3.K.H/c1-17-9-4-2-8(3-5-9)6-14(10(15)16)7-11-12-13-14;;/h2-5,7H,6H2,1H3;;/q;+1;-1. The van der Waals surface area contributed by atoms with E-state index < -0.39 is 10.7 Å². The fraction of sp³-hybridized carbons (Fsp3) is 0.200. The predicted octanol–water partition coefficient (Wildman–Crippen LogP) is -2.20. The van der Waals surface area contributed by atoms with Crippen LogP contribution in [0.15, 0.2) is 39.8 Å². The number of quaternary nitrogens is 1. The van der Waals surface area contributed by atoms with E-state index in [-0.39, 0.29) is 59.4 Å². The van der Waals surface area contributed by atoms with Crippen molar-refractivity contribution in [3.8, 4) is 5.75 Å². The first-order chi connectivity index (χ1) is 8.16. The Bertz CT molecular complexity index is 480. The molecule has 1 aromatic carbocycles. The molecule has 18 heavy (non-hydrogen) atoms. The summed E-state index contributed by atoms with van der Waals surface area (Å²) in [6, 6.07) is 6.99. The molecular formula is C10H11KN4O3. The summed E-state index contributed by atoms with van der Waals surface area (Å²) in [5, 5.41) is 21.4. The van der Waals surface area contributed by atoms with E-state index in [4.69, 9.17) is 4.74 Å². The maximum Gasteiger partial charge on any atom is 1.00 e. The van der Waals surface area contributed by atoms with Gasteiger partial charge in [-0.1, -0.05) is 9.69 Å². The van der Waals surface area contributed by atoms with Gasteiger partial charge in [-0.2, -0.15) is 0 Å². The summed E-state index contributed by atoms with van der Waals surface area (Å²) in [4.78, 5) is 11.0. The Labute approximate surface area is 148 Å². The zero-order valence-electron chi connectivity index (χ0n) is 11.1. The number of carboxylic acid groups (broad SMARTS) is 1. The summed E-state index contributed by atoms with van der Waals surface area (Å²) in [6.07, 6.45) is -0.245. The van der Waals surface area contributed by atoms with Crippen molar-refractivity contribution in [3.63, 3.8) is 0 Å². The number of methoxy groups -OCH3 is 1. The Balaban J connectivity index is 0.00000162. The molecule has 1 aliphatic rings. The third-order valence-corrected chi connectivity index (χ3v) is 2.39. The van der Waals surface area contributed by atoms with Crippen LogP contribution in [-0.2, 0) is 6.54 Å². The number of amides is 1. The summed E-state index contributed by atoms with van der Waals surface area (Å²) in [5.74, 6) is 0.700. The molecule has 1 atom stereocenters. The SMILES string of the molecule is COc1ccc(C[N+]2(C(=O)[O-])C=NN=N2)cc1.[H-].[K+]. The average Bonchev–Trinajstić information content (AvgIpc) is 2.80. The smallest absolute Gasteiger partial charge is 1.00 e. The number of carbonyl (C=O) groups is 1. The molecule has 1 amide bonds. The van der Waals surface area contributed by atoms with Crippen LogP contribution in [0.4, 0.5) is 4.79 Å². The van der Waals surface area contributed by atoms with Crippen LogP contribution in [0, 0.1) is 0 Å². The minimum absolute atomic E-state index is 0. The first-order valence-corrected chi connectivity index (χ1v) is 4.85. The largest absolute Gasteiger partial charge is 1.00 e. The normalized spacial score (nSPS) is 20.5. The van der Waals surface area contributed by atoms with Crippen molar-refractivity contribution in [2.45, 2.75) is 6.54 Å². The van der Waals surface area contributed by atoms with Gasteiger partial charge in [0.25, 0.3) is 6.09 Å². The number of hydrogen-bond donors (Lipinski definition) is 0. The zero-order chi connectivity index (χ0) is 12.3. The van der Waals surface area contributed by atoms with Crippen LogP contribution < -0.4 is 61.2 Å². The molecule has 2 rings (SSSR count). The number of ether oxygens (including phenoxy) is 1. The van der Waals surface area contributed by atoms with Crippen LogP contribution in [-0.4, -0.2) is 24.1 Å². The Morgan fingerprint density at radius 1 is 1.44 bits per heavy atom. The third-order valence-electron chi connectivity index (χ3n) is 2.39. The predicted molar refractivity (Wildman–Crippen MR) is 56.8 cm³/mol. The van der Waals surface area contributed by atoms with Gasteiger partial charge in [-0.15, -0.1) is 0 Å².